The molecule has 8 bridgehead atoms. The second-order valence-electron chi connectivity index (χ2n) is 15.7. The Balaban J connectivity index is 0.00000197. The maximum absolute atomic E-state index is 5.70. The van der Waals surface area contributed by atoms with E-state index in [1.807, 2.05) is 0 Å². The van der Waals surface area contributed by atoms with Crippen LogP contribution >= 0.6 is 0 Å². The number of hydrogen-bond donors (Lipinski definition) is 0. The van der Waals surface area contributed by atoms with Gasteiger partial charge in [-0.25, -0.2) is 0 Å². The Morgan fingerprint density at radius 3 is 0.661 bits per heavy atom. The van der Waals surface area contributed by atoms with Crippen LogP contribution in [-0.2, 0) is 57.1 Å². The van der Waals surface area contributed by atoms with Crippen LogP contribution in [0.2, 0.25) is 0 Å². The molecule has 4 aromatic heterocycles. The van der Waals surface area contributed by atoms with Crippen LogP contribution < -0.4 is 57.7 Å². The molecule has 11 heteroatoms. The molecule has 0 aliphatic carbocycles. The Kier molecular flexibility index (Phi) is 25.1. The zero-order valence-corrected chi connectivity index (χ0v) is 41.5. The molecular weight excluding hydrogens is 769 g/mol. The topological polar surface area (TPSA) is 93.3 Å². The van der Waals surface area contributed by atoms with E-state index >= 15 is 0 Å². The van der Waals surface area contributed by atoms with Gasteiger partial charge in [-0.15, -0.1) is 22.8 Å². The van der Waals surface area contributed by atoms with Gasteiger partial charge in [0, 0.05) is 28.4 Å². The molecule has 59 heavy (non-hydrogen) atoms. The average molecular weight is 846 g/mol. The number of aromatic nitrogens is 4. The standard InChI is InChI=1S/C40H56N4.2C4H10O2.2Li.Ni/c1-13-37(14-2)29-21-22-30(41-29)38(15-3,16-4)35-27(11)28(12)36(44-35)40(19-7,20-8)32-24-23-31(42-32)39(17-5,18-6)34-26(10)25(9)33(37)43-34;2*1-5-3-4-6-2;;;/h21-24H,13-20H2,1-12H3;2*3-4H2,1-2H3;;;/q-4;;;2*+1;+2. The summed E-state index contributed by atoms with van der Waals surface area (Å²) in [5.74, 6) is 0. The molecule has 4 aromatic rings. The second-order valence-corrected chi connectivity index (χ2v) is 15.7. The number of fused-ring (bicyclic) bond motifs is 8. The van der Waals surface area contributed by atoms with Crippen molar-refractivity contribution in [3.05, 3.63) is 92.1 Å². The molecule has 0 spiro atoms. The van der Waals surface area contributed by atoms with Crippen molar-refractivity contribution in [2.45, 2.75) is 156 Å². The Morgan fingerprint density at radius 1 is 0.356 bits per heavy atom. The van der Waals surface area contributed by atoms with Crippen LogP contribution in [0.25, 0.3) is 0 Å². The summed E-state index contributed by atoms with van der Waals surface area (Å²) in [6.07, 6.45) is 7.65. The smallest absolute Gasteiger partial charge is 0.663 e. The summed E-state index contributed by atoms with van der Waals surface area (Å²) in [6.45, 7) is 30.5. The van der Waals surface area contributed by atoms with Crippen molar-refractivity contribution in [2.75, 3.05) is 54.9 Å². The quantitative estimate of drug-likeness (QED) is 0.139. The zero-order valence-electron chi connectivity index (χ0n) is 40.5. The third kappa shape index (κ3) is 10.5. The minimum absolute atomic E-state index is 0. The number of nitrogens with zero attached hydrogens (tertiary/aromatic N) is 4. The molecule has 0 unspecified atom stereocenters. The first-order valence-electron chi connectivity index (χ1n) is 21.4. The number of methoxy groups -OCH3 is 4. The van der Waals surface area contributed by atoms with Gasteiger partial charge >= 0.3 is 54.2 Å². The van der Waals surface area contributed by atoms with Gasteiger partial charge in [0.25, 0.3) is 0 Å². The van der Waals surface area contributed by atoms with Crippen LogP contribution in [0, 0.1) is 27.7 Å². The van der Waals surface area contributed by atoms with Gasteiger partial charge in [0.05, 0.1) is 26.4 Å². The third-order valence-corrected chi connectivity index (χ3v) is 13.9. The van der Waals surface area contributed by atoms with Crippen LogP contribution in [0.5, 0.6) is 0 Å². The van der Waals surface area contributed by atoms with Crippen molar-refractivity contribution in [2.24, 2.45) is 0 Å². The van der Waals surface area contributed by atoms with Crippen molar-refractivity contribution in [1.29, 1.82) is 0 Å². The molecule has 324 valence electrons. The van der Waals surface area contributed by atoms with Gasteiger partial charge in [-0.05, 0) is 101 Å². The van der Waals surface area contributed by atoms with Gasteiger partial charge in [-0.3, -0.25) is 0 Å². The fourth-order valence-corrected chi connectivity index (χ4v) is 9.53. The predicted octanol–water partition coefficient (Wildman–Crippen LogP) is 4.05. The van der Waals surface area contributed by atoms with Gasteiger partial charge in [0.15, 0.2) is 0 Å². The molecule has 0 amide bonds. The number of rotatable bonds is 14. The van der Waals surface area contributed by atoms with Gasteiger partial charge in [0.1, 0.15) is 0 Å². The maximum Gasteiger partial charge on any atom is 2.00 e. The third-order valence-electron chi connectivity index (χ3n) is 13.9. The van der Waals surface area contributed by atoms with E-state index < -0.39 is 0 Å². The molecule has 0 saturated heterocycles. The molecular formula is C48H76Li2N4NiO4. The van der Waals surface area contributed by atoms with Crippen LogP contribution in [0.3, 0.4) is 0 Å². The molecule has 0 N–H and O–H groups in total. The zero-order chi connectivity index (χ0) is 41.9. The molecule has 0 fully saturated rings. The molecule has 0 aromatic carbocycles. The Hall–Kier alpha value is -1.35. The molecule has 1 aliphatic heterocycles. The van der Waals surface area contributed by atoms with Crippen LogP contribution in [0.4, 0.5) is 0 Å². The van der Waals surface area contributed by atoms with Gasteiger partial charge < -0.3 is 38.9 Å². The van der Waals surface area contributed by atoms with Crippen LogP contribution in [0.1, 0.15) is 175 Å². The van der Waals surface area contributed by atoms with Crippen molar-refractivity contribution in [1.82, 2.24) is 19.9 Å². The van der Waals surface area contributed by atoms with Crippen LogP contribution in [0.15, 0.2) is 24.3 Å². The van der Waals surface area contributed by atoms with E-state index in [-0.39, 0.29) is 75.9 Å². The number of hydrogen-bond acceptors (Lipinski definition) is 4. The van der Waals surface area contributed by atoms with E-state index in [9.17, 15) is 0 Å². The second kappa shape index (κ2) is 25.7. The van der Waals surface area contributed by atoms with Crippen molar-refractivity contribution >= 4 is 0 Å². The van der Waals surface area contributed by atoms with Gasteiger partial charge in [-0.2, -0.15) is 22.8 Å². The minimum atomic E-state index is -0.247. The summed E-state index contributed by atoms with van der Waals surface area (Å²) < 4.78 is 18.6. The van der Waals surface area contributed by atoms with Crippen molar-refractivity contribution < 1.29 is 73.2 Å². The van der Waals surface area contributed by atoms with E-state index in [1.165, 1.54) is 45.0 Å². The molecule has 0 saturated carbocycles. The van der Waals surface area contributed by atoms with Crippen molar-refractivity contribution in [3.8, 4) is 0 Å². The van der Waals surface area contributed by atoms with E-state index in [0.29, 0.717) is 26.4 Å². The van der Waals surface area contributed by atoms with Gasteiger partial charge in [-0.1, -0.05) is 102 Å². The minimum Gasteiger partial charge on any atom is -0.663 e. The molecule has 5 rings (SSSR count). The molecule has 0 atom stereocenters. The summed E-state index contributed by atoms with van der Waals surface area (Å²) in [5, 5.41) is 0. The summed E-state index contributed by atoms with van der Waals surface area (Å²) in [5.41, 5.74) is 13.8. The van der Waals surface area contributed by atoms with Gasteiger partial charge in [0.2, 0.25) is 0 Å². The maximum atomic E-state index is 5.70. The average Bonchev–Trinajstić information content (AvgIpc) is 4.04. The Labute approximate surface area is 393 Å². The SMILES string of the molecule is CCC1(CC)c2ccc([n-]2)C(CC)(CC)c2[n-]c(c(C)c2C)C(CC)(CC)c2ccc([n-]2)C(CC)(CC)c2[n-]c1c(C)c2C.COCCOC.COCCOC.[Li+].[Li+].[Ni+2]. The normalized spacial score (nSPS) is 15.3. The first kappa shape index (κ1) is 57.6. The summed E-state index contributed by atoms with van der Waals surface area (Å²) in [7, 11) is 6.61. The summed E-state index contributed by atoms with van der Waals surface area (Å²) in [6, 6.07) is 9.26. The predicted molar refractivity (Wildman–Crippen MR) is 231 cm³/mol. The summed E-state index contributed by atoms with van der Waals surface area (Å²) in [4.78, 5) is 22.6. The largest absolute Gasteiger partial charge is 2.00 e. The molecule has 8 nitrogen and oxygen atoms in total. The summed E-state index contributed by atoms with van der Waals surface area (Å²) >= 11 is 0. The van der Waals surface area contributed by atoms with E-state index in [0.717, 1.165) is 74.1 Å². The van der Waals surface area contributed by atoms with E-state index in [1.54, 1.807) is 28.4 Å². The first-order chi connectivity index (χ1) is 26.8. The molecule has 1 aliphatic rings. The first-order valence-corrected chi connectivity index (χ1v) is 21.4. The van der Waals surface area contributed by atoms with Crippen LogP contribution in [-0.4, -0.2) is 54.9 Å². The fourth-order valence-electron chi connectivity index (χ4n) is 9.53. The molecule has 5 heterocycles. The van der Waals surface area contributed by atoms with E-state index in [2.05, 4.69) is 126 Å². The molecule has 0 radical (unpaired) electrons. The van der Waals surface area contributed by atoms with Crippen molar-refractivity contribution in [3.63, 3.8) is 0 Å². The fraction of sp³-hybridized carbons (Fsp3) is 0.667. The number of ether oxygens (including phenoxy) is 4. The Morgan fingerprint density at radius 2 is 0.525 bits per heavy atom. The Bertz CT molecular complexity index is 1530. The van der Waals surface area contributed by atoms with E-state index in [4.69, 9.17) is 19.9 Å². The monoisotopic (exact) mass is 845 g/mol.